The zero-order valence-corrected chi connectivity index (χ0v) is 20.8. The number of esters is 1. The van der Waals surface area contributed by atoms with E-state index in [0.29, 0.717) is 21.2 Å². The van der Waals surface area contributed by atoms with Crippen molar-refractivity contribution in [1.29, 1.82) is 10.5 Å². The summed E-state index contributed by atoms with van der Waals surface area (Å²) in [5, 5.41) is 20.5. The van der Waals surface area contributed by atoms with Crippen molar-refractivity contribution >= 4 is 29.3 Å². The van der Waals surface area contributed by atoms with Crippen LogP contribution in [0.3, 0.4) is 0 Å². The molecule has 2 N–H and O–H groups in total. The summed E-state index contributed by atoms with van der Waals surface area (Å²) < 4.78 is 11.1. The van der Waals surface area contributed by atoms with Crippen LogP contribution in [0.5, 0.6) is 0 Å². The van der Waals surface area contributed by atoms with Crippen molar-refractivity contribution in [3.8, 4) is 12.1 Å². The molecule has 1 aliphatic heterocycles. The van der Waals surface area contributed by atoms with Crippen molar-refractivity contribution in [2.75, 3.05) is 12.4 Å². The number of halogens is 1. The van der Waals surface area contributed by atoms with Gasteiger partial charge in [-0.15, -0.1) is 0 Å². The summed E-state index contributed by atoms with van der Waals surface area (Å²) in [6.07, 6.45) is 0. The van der Waals surface area contributed by atoms with Gasteiger partial charge in [0.1, 0.15) is 28.5 Å². The molecule has 1 aromatic heterocycles. The monoisotopic (exact) mass is 494 g/mol. The first-order valence-electron chi connectivity index (χ1n) is 10.5. The smallest absolute Gasteiger partial charge is 0.338 e. The number of nitrogens with two attached hydrogens (primary N) is 1. The van der Waals surface area contributed by atoms with Crippen LogP contribution in [0, 0.1) is 43.4 Å². The van der Waals surface area contributed by atoms with Crippen molar-refractivity contribution in [3.63, 3.8) is 0 Å². The molecule has 1 aliphatic rings. The van der Waals surface area contributed by atoms with Crippen LogP contribution >= 0.6 is 23.4 Å². The van der Waals surface area contributed by atoms with Gasteiger partial charge in [0.15, 0.2) is 0 Å². The number of nitriles is 2. The molecule has 34 heavy (non-hydrogen) atoms. The zero-order chi connectivity index (χ0) is 25.0. The number of rotatable bonds is 6. The molecular formula is C25H23ClN4O3S. The van der Waals surface area contributed by atoms with Gasteiger partial charge in [0.2, 0.25) is 5.88 Å². The highest BCUT2D eigenvalue weighted by Gasteiger charge is 2.37. The van der Waals surface area contributed by atoms with Gasteiger partial charge in [0, 0.05) is 10.7 Å². The third-order valence-electron chi connectivity index (χ3n) is 5.61. The molecule has 0 unspecified atom stereocenters. The van der Waals surface area contributed by atoms with Crippen LogP contribution in [0.15, 0.2) is 52.1 Å². The van der Waals surface area contributed by atoms with Gasteiger partial charge < -0.3 is 15.2 Å². The number of allylic oxidation sites excluding steroid dienone is 1. The Bertz CT molecular complexity index is 1290. The summed E-state index contributed by atoms with van der Waals surface area (Å²) in [7, 11) is 0. The van der Waals surface area contributed by atoms with E-state index in [1.54, 1.807) is 31.2 Å². The summed E-state index contributed by atoms with van der Waals surface area (Å²) in [4.78, 5) is 17.6. The van der Waals surface area contributed by atoms with E-state index in [9.17, 15) is 15.3 Å². The van der Waals surface area contributed by atoms with E-state index in [1.165, 1.54) is 11.8 Å². The van der Waals surface area contributed by atoms with Crippen LogP contribution in [0.25, 0.3) is 0 Å². The number of carbonyl (C=O) groups is 1. The number of benzene rings is 1. The number of ether oxygens (including phenoxy) is 2. The maximum atomic E-state index is 13.1. The van der Waals surface area contributed by atoms with E-state index in [4.69, 9.17) is 26.8 Å². The fraction of sp³-hybridized carbons (Fsp3) is 0.280. The Morgan fingerprint density at radius 3 is 2.47 bits per heavy atom. The minimum Gasteiger partial charge on any atom is -0.463 e. The lowest BCUT2D eigenvalue weighted by Crippen LogP contribution is -2.27. The topological polar surface area (TPSA) is 122 Å². The number of nitrogens with zero attached hydrogens (tertiary/aromatic N) is 3. The first kappa shape index (κ1) is 25.2. The summed E-state index contributed by atoms with van der Waals surface area (Å²) in [6.45, 7) is 7.52. The van der Waals surface area contributed by atoms with Gasteiger partial charge >= 0.3 is 5.97 Å². The molecule has 0 amide bonds. The number of thioether (sulfide) groups is 1. The molecule has 0 radical (unpaired) electrons. The number of hydrogen-bond acceptors (Lipinski definition) is 8. The molecule has 0 aliphatic carbocycles. The Labute approximate surface area is 207 Å². The van der Waals surface area contributed by atoms with Crippen LogP contribution in [0.4, 0.5) is 0 Å². The molecule has 7 nitrogen and oxygen atoms in total. The SMILES string of the molecule is CCOC(=O)C1=C(CSc2nc(C)c(C)c(C)c2C#N)OC(N)=C(C#N)[C@H]1c1ccc(Cl)cc1. The number of aromatic nitrogens is 1. The summed E-state index contributed by atoms with van der Waals surface area (Å²) in [6, 6.07) is 11.1. The largest absolute Gasteiger partial charge is 0.463 e. The van der Waals surface area contributed by atoms with Crippen molar-refractivity contribution in [2.24, 2.45) is 5.73 Å². The molecule has 2 aromatic rings. The molecule has 2 heterocycles. The summed E-state index contributed by atoms with van der Waals surface area (Å²) >= 11 is 7.30. The minimum absolute atomic E-state index is 0.0872. The highest BCUT2D eigenvalue weighted by Crippen LogP contribution is 2.41. The van der Waals surface area contributed by atoms with Gasteiger partial charge in [0.25, 0.3) is 0 Å². The van der Waals surface area contributed by atoms with Gasteiger partial charge in [0.05, 0.1) is 29.4 Å². The third kappa shape index (κ3) is 4.89. The molecule has 1 atom stereocenters. The van der Waals surface area contributed by atoms with E-state index >= 15 is 0 Å². The van der Waals surface area contributed by atoms with Crippen LogP contribution in [0.1, 0.15) is 40.8 Å². The molecule has 0 saturated heterocycles. The molecule has 0 fully saturated rings. The molecule has 9 heteroatoms. The quantitative estimate of drug-likeness (QED) is 0.442. The van der Waals surface area contributed by atoms with E-state index < -0.39 is 11.9 Å². The number of carbonyl (C=O) groups excluding carboxylic acids is 1. The predicted octanol–water partition coefficient (Wildman–Crippen LogP) is 4.95. The van der Waals surface area contributed by atoms with Gasteiger partial charge in [-0.05, 0) is 56.5 Å². The van der Waals surface area contributed by atoms with Crippen LogP contribution in [-0.2, 0) is 14.3 Å². The Morgan fingerprint density at radius 2 is 1.88 bits per heavy atom. The lowest BCUT2D eigenvalue weighted by atomic mass is 9.83. The van der Waals surface area contributed by atoms with Crippen LogP contribution < -0.4 is 5.73 Å². The first-order chi connectivity index (χ1) is 16.2. The average Bonchev–Trinajstić information content (AvgIpc) is 2.81. The predicted molar refractivity (Wildman–Crippen MR) is 130 cm³/mol. The number of pyridine rings is 1. The number of aryl methyl sites for hydroxylation is 1. The van der Waals surface area contributed by atoms with Crippen molar-refractivity contribution in [3.05, 3.63) is 80.0 Å². The van der Waals surface area contributed by atoms with Crippen molar-refractivity contribution in [1.82, 2.24) is 4.98 Å². The summed E-state index contributed by atoms with van der Waals surface area (Å²) in [5.74, 6) is -1.07. The van der Waals surface area contributed by atoms with Crippen LogP contribution in [0.2, 0.25) is 5.02 Å². The molecule has 0 saturated carbocycles. The van der Waals surface area contributed by atoms with Gasteiger partial charge in [-0.1, -0.05) is 35.5 Å². The van der Waals surface area contributed by atoms with E-state index in [1.807, 2.05) is 20.8 Å². The fourth-order valence-corrected chi connectivity index (χ4v) is 4.78. The zero-order valence-electron chi connectivity index (χ0n) is 19.2. The first-order valence-corrected chi connectivity index (χ1v) is 11.8. The highest BCUT2D eigenvalue weighted by atomic mass is 35.5. The van der Waals surface area contributed by atoms with Crippen molar-refractivity contribution < 1.29 is 14.3 Å². The van der Waals surface area contributed by atoms with E-state index in [-0.39, 0.29) is 35.1 Å². The van der Waals surface area contributed by atoms with Crippen molar-refractivity contribution in [2.45, 2.75) is 38.6 Å². The molecular weight excluding hydrogens is 472 g/mol. The Balaban J connectivity index is 2.12. The standard InChI is InChI=1S/C25H23ClN4O3S/c1-5-32-25(31)22-20(12-34-24-18(10-27)14(3)13(2)15(4)30-24)33-23(29)19(11-28)21(22)16-6-8-17(26)9-7-16/h6-9,21H,5,12,29H2,1-4H3/t21-/m1/s1. The minimum atomic E-state index is -0.782. The number of hydrogen-bond donors (Lipinski definition) is 1. The van der Waals surface area contributed by atoms with E-state index in [0.717, 1.165) is 16.8 Å². The average molecular weight is 495 g/mol. The second kappa shape index (κ2) is 10.6. The van der Waals surface area contributed by atoms with E-state index in [2.05, 4.69) is 17.1 Å². The van der Waals surface area contributed by atoms with Gasteiger partial charge in [-0.25, -0.2) is 9.78 Å². The second-order valence-corrected chi connectivity index (χ2v) is 8.96. The fourth-order valence-electron chi connectivity index (χ4n) is 3.63. The summed E-state index contributed by atoms with van der Waals surface area (Å²) in [5.41, 5.74) is 10.1. The maximum absolute atomic E-state index is 13.1. The van der Waals surface area contributed by atoms with Crippen LogP contribution in [-0.4, -0.2) is 23.3 Å². The molecule has 0 spiro atoms. The maximum Gasteiger partial charge on any atom is 0.338 e. The molecule has 174 valence electrons. The Kier molecular flexibility index (Phi) is 7.88. The van der Waals surface area contributed by atoms with Gasteiger partial charge in [-0.2, -0.15) is 10.5 Å². The molecule has 1 aromatic carbocycles. The normalized spacial score (nSPS) is 15.4. The highest BCUT2D eigenvalue weighted by molar-refractivity contribution is 7.99. The molecule has 3 rings (SSSR count). The molecule has 0 bridgehead atoms. The third-order valence-corrected chi connectivity index (χ3v) is 6.84. The lowest BCUT2D eigenvalue weighted by Gasteiger charge is -2.28. The Hall–Kier alpha value is -3.46. The second-order valence-electron chi connectivity index (χ2n) is 7.56. The van der Waals surface area contributed by atoms with Gasteiger partial charge in [-0.3, -0.25) is 0 Å². The lowest BCUT2D eigenvalue weighted by molar-refractivity contribution is -0.139. The Morgan fingerprint density at radius 1 is 1.21 bits per heavy atom.